The van der Waals surface area contributed by atoms with Gasteiger partial charge in [0.2, 0.25) is 5.43 Å². The molecule has 4 heteroatoms. The zero-order valence-electron chi connectivity index (χ0n) is 11.0. The first-order valence-corrected chi connectivity index (χ1v) is 6.57. The van der Waals surface area contributed by atoms with Gasteiger partial charge in [0.05, 0.1) is 16.8 Å². The van der Waals surface area contributed by atoms with Gasteiger partial charge in [-0.15, -0.1) is 0 Å². The van der Waals surface area contributed by atoms with Crippen LogP contribution in [0.25, 0.3) is 33.5 Å². The maximum atomic E-state index is 12.5. The van der Waals surface area contributed by atoms with Crippen LogP contribution < -0.4 is 5.43 Å². The Morgan fingerprint density at radius 2 is 1.67 bits per heavy atom. The topological polar surface area (TPSA) is 56.0 Å². The predicted molar refractivity (Wildman–Crippen MR) is 81.0 cm³/mol. The summed E-state index contributed by atoms with van der Waals surface area (Å²) in [6.07, 6.45) is 1.70. The van der Waals surface area contributed by atoms with E-state index in [-0.39, 0.29) is 5.43 Å². The zero-order chi connectivity index (χ0) is 14.2. The SMILES string of the molecule is O=c1c2ccccc2oc2ccc(-c3ccccn3)nc12. The summed E-state index contributed by atoms with van der Waals surface area (Å²) in [6.45, 7) is 0. The molecule has 100 valence electrons. The van der Waals surface area contributed by atoms with Crippen LogP contribution in [-0.4, -0.2) is 9.97 Å². The summed E-state index contributed by atoms with van der Waals surface area (Å²) in [5.74, 6) is 0. The minimum Gasteiger partial charge on any atom is -0.454 e. The highest BCUT2D eigenvalue weighted by molar-refractivity contribution is 5.88. The molecule has 0 unspecified atom stereocenters. The van der Waals surface area contributed by atoms with Crippen molar-refractivity contribution in [3.8, 4) is 11.4 Å². The average Bonchev–Trinajstić information content (AvgIpc) is 2.56. The van der Waals surface area contributed by atoms with Gasteiger partial charge in [-0.1, -0.05) is 18.2 Å². The molecular weight excluding hydrogens is 264 g/mol. The van der Waals surface area contributed by atoms with Crippen LogP contribution in [0.3, 0.4) is 0 Å². The van der Waals surface area contributed by atoms with Crippen LogP contribution in [0.15, 0.2) is 70.0 Å². The number of hydrogen-bond donors (Lipinski definition) is 0. The van der Waals surface area contributed by atoms with E-state index in [9.17, 15) is 4.79 Å². The number of fused-ring (bicyclic) bond motifs is 2. The highest BCUT2D eigenvalue weighted by atomic mass is 16.3. The summed E-state index contributed by atoms with van der Waals surface area (Å²) in [6, 6.07) is 16.3. The number of aromatic nitrogens is 2. The first kappa shape index (κ1) is 11.8. The van der Waals surface area contributed by atoms with E-state index in [1.165, 1.54) is 0 Å². The van der Waals surface area contributed by atoms with Crippen molar-refractivity contribution in [3.05, 3.63) is 71.0 Å². The fourth-order valence-electron chi connectivity index (χ4n) is 2.34. The summed E-state index contributed by atoms with van der Waals surface area (Å²) >= 11 is 0. The van der Waals surface area contributed by atoms with Crippen LogP contribution in [-0.2, 0) is 0 Å². The van der Waals surface area contributed by atoms with Gasteiger partial charge in [0.25, 0.3) is 0 Å². The van der Waals surface area contributed by atoms with E-state index in [2.05, 4.69) is 9.97 Å². The Hall–Kier alpha value is -3.01. The van der Waals surface area contributed by atoms with E-state index in [1.807, 2.05) is 36.4 Å². The molecule has 4 aromatic rings. The molecule has 0 aliphatic heterocycles. The van der Waals surface area contributed by atoms with E-state index < -0.39 is 0 Å². The van der Waals surface area contributed by atoms with Gasteiger partial charge in [-0.25, -0.2) is 4.98 Å². The second-order valence-corrected chi connectivity index (χ2v) is 4.69. The van der Waals surface area contributed by atoms with Crippen LogP contribution in [0, 0.1) is 0 Å². The summed E-state index contributed by atoms with van der Waals surface area (Å²) in [7, 11) is 0. The van der Waals surface area contributed by atoms with Gasteiger partial charge >= 0.3 is 0 Å². The monoisotopic (exact) mass is 274 g/mol. The lowest BCUT2D eigenvalue weighted by molar-refractivity contribution is 0.658. The van der Waals surface area contributed by atoms with Gasteiger partial charge in [0.1, 0.15) is 5.58 Å². The Kier molecular flexibility index (Phi) is 2.54. The Labute approximate surface area is 119 Å². The summed E-state index contributed by atoms with van der Waals surface area (Å²) in [4.78, 5) is 21.2. The molecule has 0 amide bonds. The largest absolute Gasteiger partial charge is 0.454 e. The predicted octanol–water partition coefficient (Wildman–Crippen LogP) is 3.40. The van der Waals surface area contributed by atoms with Crippen molar-refractivity contribution in [2.24, 2.45) is 0 Å². The Bertz CT molecular complexity index is 1010. The average molecular weight is 274 g/mol. The second-order valence-electron chi connectivity index (χ2n) is 4.69. The molecule has 3 aromatic heterocycles. The van der Waals surface area contributed by atoms with Crippen LogP contribution in [0.4, 0.5) is 0 Å². The Morgan fingerprint density at radius 1 is 0.810 bits per heavy atom. The Balaban J connectivity index is 2.06. The number of rotatable bonds is 1. The fraction of sp³-hybridized carbons (Fsp3) is 0. The number of hydrogen-bond acceptors (Lipinski definition) is 4. The summed E-state index contributed by atoms with van der Waals surface area (Å²) in [5, 5.41) is 0.538. The first-order valence-electron chi connectivity index (χ1n) is 6.57. The molecule has 0 atom stereocenters. The molecule has 0 spiro atoms. The minimum atomic E-state index is -0.121. The third-order valence-corrected chi connectivity index (χ3v) is 3.35. The van der Waals surface area contributed by atoms with Crippen LogP contribution in [0.5, 0.6) is 0 Å². The second kappa shape index (κ2) is 4.52. The normalized spacial score (nSPS) is 11.0. The van der Waals surface area contributed by atoms with E-state index in [0.717, 1.165) is 5.69 Å². The first-order chi connectivity index (χ1) is 10.3. The van der Waals surface area contributed by atoms with Gasteiger partial charge in [-0.2, -0.15) is 0 Å². The summed E-state index contributed by atoms with van der Waals surface area (Å²) in [5.41, 5.74) is 2.65. The molecular formula is C17H10N2O2. The molecule has 0 radical (unpaired) electrons. The van der Waals surface area contributed by atoms with Gasteiger partial charge in [0.15, 0.2) is 11.1 Å². The number of para-hydroxylation sites is 1. The lowest BCUT2D eigenvalue weighted by atomic mass is 10.2. The zero-order valence-corrected chi connectivity index (χ0v) is 11.0. The molecule has 0 fully saturated rings. The Morgan fingerprint density at radius 3 is 2.52 bits per heavy atom. The molecule has 1 aromatic carbocycles. The van der Waals surface area contributed by atoms with Gasteiger partial charge in [-0.05, 0) is 36.4 Å². The van der Waals surface area contributed by atoms with Crippen LogP contribution in [0.1, 0.15) is 0 Å². The van der Waals surface area contributed by atoms with Crippen molar-refractivity contribution in [1.29, 1.82) is 0 Å². The van der Waals surface area contributed by atoms with Gasteiger partial charge in [-0.3, -0.25) is 9.78 Å². The van der Waals surface area contributed by atoms with E-state index >= 15 is 0 Å². The number of pyridine rings is 2. The van der Waals surface area contributed by atoms with Crippen LogP contribution >= 0.6 is 0 Å². The molecule has 0 saturated heterocycles. The molecule has 21 heavy (non-hydrogen) atoms. The van der Waals surface area contributed by atoms with Crippen molar-refractivity contribution in [2.45, 2.75) is 0 Å². The van der Waals surface area contributed by atoms with Crippen molar-refractivity contribution in [3.63, 3.8) is 0 Å². The van der Waals surface area contributed by atoms with Crippen molar-refractivity contribution < 1.29 is 4.42 Å². The minimum absolute atomic E-state index is 0.121. The van der Waals surface area contributed by atoms with E-state index in [1.54, 1.807) is 24.4 Å². The molecule has 4 nitrogen and oxygen atoms in total. The molecule has 0 aliphatic carbocycles. The maximum Gasteiger partial charge on any atom is 0.218 e. The highest BCUT2D eigenvalue weighted by Gasteiger charge is 2.10. The van der Waals surface area contributed by atoms with E-state index in [0.29, 0.717) is 27.8 Å². The van der Waals surface area contributed by atoms with Gasteiger partial charge in [0, 0.05) is 6.20 Å². The quantitative estimate of drug-likeness (QED) is 0.499. The van der Waals surface area contributed by atoms with Crippen molar-refractivity contribution in [1.82, 2.24) is 9.97 Å². The highest BCUT2D eigenvalue weighted by Crippen LogP contribution is 2.20. The molecule has 0 aliphatic rings. The molecule has 3 heterocycles. The van der Waals surface area contributed by atoms with Crippen molar-refractivity contribution in [2.75, 3.05) is 0 Å². The third-order valence-electron chi connectivity index (χ3n) is 3.35. The number of nitrogens with zero attached hydrogens (tertiary/aromatic N) is 2. The lowest BCUT2D eigenvalue weighted by Gasteiger charge is -2.03. The third kappa shape index (κ3) is 1.89. The molecule has 0 N–H and O–H groups in total. The standard InChI is InChI=1S/C17H10N2O2/c20-17-11-5-1-2-7-14(11)21-15-9-8-13(19-16(15)17)12-6-3-4-10-18-12/h1-10H. The molecule has 0 saturated carbocycles. The molecule has 4 rings (SSSR count). The lowest BCUT2D eigenvalue weighted by Crippen LogP contribution is -2.04. The number of benzene rings is 1. The fourth-order valence-corrected chi connectivity index (χ4v) is 2.34. The van der Waals surface area contributed by atoms with Gasteiger partial charge < -0.3 is 4.42 Å². The van der Waals surface area contributed by atoms with Crippen molar-refractivity contribution >= 4 is 22.1 Å². The van der Waals surface area contributed by atoms with E-state index in [4.69, 9.17) is 4.42 Å². The van der Waals surface area contributed by atoms with Crippen LogP contribution in [0.2, 0.25) is 0 Å². The maximum absolute atomic E-state index is 12.5. The molecule has 0 bridgehead atoms. The summed E-state index contributed by atoms with van der Waals surface area (Å²) < 4.78 is 5.73. The smallest absolute Gasteiger partial charge is 0.218 e.